The van der Waals surface area contributed by atoms with E-state index in [9.17, 15) is 9.59 Å². The van der Waals surface area contributed by atoms with E-state index in [0.717, 1.165) is 25.7 Å². The minimum atomic E-state index is -0.236. The van der Waals surface area contributed by atoms with E-state index in [1.807, 2.05) is 6.92 Å². The number of rotatable bonds is 6. The van der Waals surface area contributed by atoms with Crippen molar-refractivity contribution in [3.63, 3.8) is 0 Å². The van der Waals surface area contributed by atoms with E-state index in [1.54, 1.807) is 37.3 Å². The smallest absolute Gasteiger partial charge is 0.254 e. The number of aromatic nitrogens is 3. The molecule has 0 bridgehead atoms. The molecule has 2 amide bonds. The van der Waals surface area contributed by atoms with Crippen LogP contribution in [0.15, 0.2) is 18.2 Å². The van der Waals surface area contributed by atoms with Crippen LogP contribution < -0.4 is 14.8 Å². The zero-order valence-electron chi connectivity index (χ0n) is 18.2. The highest BCUT2D eigenvalue weighted by atomic mass is 16.5. The number of aromatic amines is 1. The van der Waals surface area contributed by atoms with Crippen molar-refractivity contribution < 1.29 is 19.1 Å². The average Bonchev–Trinajstić information content (AvgIpc) is 3.53. The predicted molar refractivity (Wildman–Crippen MR) is 113 cm³/mol. The minimum absolute atomic E-state index is 0.0573. The monoisotopic (exact) mass is 427 g/mol. The van der Waals surface area contributed by atoms with Crippen LogP contribution in [0.4, 0.5) is 0 Å². The number of benzene rings is 1. The molecule has 2 N–H and O–H groups in total. The molecule has 166 valence electrons. The molecule has 9 nitrogen and oxygen atoms in total. The molecule has 2 atom stereocenters. The van der Waals surface area contributed by atoms with Gasteiger partial charge in [-0.3, -0.25) is 14.7 Å². The summed E-state index contributed by atoms with van der Waals surface area (Å²) in [6.07, 6.45) is 4.04. The second-order valence-electron chi connectivity index (χ2n) is 8.29. The fourth-order valence-corrected chi connectivity index (χ4v) is 4.51. The Balaban J connectivity index is 1.56. The zero-order valence-corrected chi connectivity index (χ0v) is 18.2. The molecular formula is C22H29N5O4. The van der Waals surface area contributed by atoms with Gasteiger partial charge in [-0.1, -0.05) is 12.8 Å². The molecule has 1 aliphatic carbocycles. The van der Waals surface area contributed by atoms with Crippen molar-refractivity contribution in [1.82, 2.24) is 25.4 Å². The van der Waals surface area contributed by atoms with Gasteiger partial charge in [0.15, 0.2) is 5.82 Å². The molecule has 1 aliphatic heterocycles. The molecule has 2 heterocycles. The maximum Gasteiger partial charge on any atom is 0.254 e. The number of nitrogens with one attached hydrogen (secondary N) is 2. The highest BCUT2D eigenvalue weighted by molar-refractivity contribution is 5.95. The Morgan fingerprint density at radius 2 is 1.77 bits per heavy atom. The van der Waals surface area contributed by atoms with Crippen molar-refractivity contribution in [3.8, 4) is 11.5 Å². The second-order valence-corrected chi connectivity index (χ2v) is 8.29. The first kappa shape index (κ1) is 21.1. The summed E-state index contributed by atoms with van der Waals surface area (Å²) in [5, 5.41) is 10.4. The van der Waals surface area contributed by atoms with Gasteiger partial charge in [-0.05, 0) is 31.9 Å². The largest absolute Gasteiger partial charge is 0.497 e. The lowest BCUT2D eigenvalue weighted by Gasteiger charge is -2.20. The standard InChI is InChI=1S/C22H29N5O4/c1-13-23-20(26-25-13)18-11-27(12-19(18)24-21(28)14-6-4-5-7-14)22(29)15-8-16(30-2)10-17(9-15)31-3/h8-10,14,18-19H,4-7,11-12H2,1-3H3,(H,24,28)(H,23,25,26)/t18-,19-/m1/s1. The summed E-state index contributed by atoms with van der Waals surface area (Å²) in [6.45, 7) is 2.66. The van der Waals surface area contributed by atoms with Crippen molar-refractivity contribution >= 4 is 11.8 Å². The summed E-state index contributed by atoms with van der Waals surface area (Å²) in [5.74, 6) is 2.23. The molecule has 1 aromatic carbocycles. The Labute approximate surface area is 181 Å². The molecule has 4 rings (SSSR count). The number of carbonyl (C=O) groups excluding carboxylic acids is 2. The van der Waals surface area contributed by atoms with Crippen molar-refractivity contribution in [1.29, 1.82) is 0 Å². The summed E-state index contributed by atoms with van der Waals surface area (Å²) < 4.78 is 10.6. The van der Waals surface area contributed by atoms with E-state index in [0.29, 0.717) is 41.8 Å². The Hall–Kier alpha value is -3.10. The lowest BCUT2D eigenvalue weighted by Crippen LogP contribution is -2.43. The van der Waals surface area contributed by atoms with Gasteiger partial charge in [0.05, 0.1) is 26.2 Å². The third-order valence-electron chi connectivity index (χ3n) is 6.21. The van der Waals surface area contributed by atoms with Crippen molar-refractivity contribution in [2.45, 2.75) is 44.6 Å². The first-order valence-electron chi connectivity index (χ1n) is 10.7. The van der Waals surface area contributed by atoms with E-state index in [4.69, 9.17) is 9.47 Å². The van der Waals surface area contributed by atoms with E-state index in [2.05, 4.69) is 20.5 Å². The number of methoxy groups -OCH3 is 2. The highest BCUT2D eigenvalue weighted by Crippen LogP contribution is 2.31. The van der Waals surface area contributed by atoms with Gasteiger partial charge in [0, 0.05) is 30.6 Å². The van der Waals surface area contributed by atoms with Crippen LogP contribution in [0, 0.1) is 12.8 Å². The quantitative estimate of drug-likeness (QED) is 0.730. The average molecular weight is 428 g/mol. The normalized spacial score (nSPS) is 21.3. The molecule has 1 saturated carbocycles. The van der Waals surface area contributed by atoms with Gasteiger partial charge < -0.3 is 19.7 Å². The molecule has 2 aliphatic rings. The molecular weight excluding hydrogens is 398 g/mol. The fourth-order valence-electron chi connectivity index (χ4n) is 4.51. The number of likely N-dealkylation sites (tertiary alicyclic amines) is 1. The Bertz CT molecular complexity index is 931. The van der Waals surface area contributed by atoms with Gasteiger partial charge in [-0.15, -0.1) is 0 Å². The molecule has 1 aromatic heterocycles. The molecule has 0 radical (unpaired) electrons. The van der Waals surface area contributed by atoms with Crippen LogP contribution in [0.5, 0.6) is 11.5 Å². The van der Waals surface area contributed by atoms with Crippen LogP contribution in [0.3, 0.4) is 0 Å². The SMILES string of the molecule is COc1cc(OC)cc(C(=O)N2C[C@@H](NC(=O)C3CCCC3)[C@H](c3n[nH]c(C)n3)C2)c1. The van der Waals surface area contributed by atoms with Crippen LogP contribution >= 0.6 is 0 Å². The zero-order chi connectivity index (χ0) is 22.0. The van der Waals surface area contributed by atoms with Crippen LogP contribution in [-0.2, 0) is 4.79 Å². The lowest BCUT2D eigenvalue weighted by atomic mass is 10.0. The summed E-state index contributed by atoms with van der Waals surface area (Å²) >= 11 is 0. The topological polar surface area (TPSA) is 109 Å². The lowest BCUT2D eigenvalue weighted by molar-refractivity contribution is -0.125. The number of hydrogen-bond donors (Lipinski definition) is 2. The van der Waals surface area contributed by atoms with Crippen LogP contribution in [0.2, 0.25) is 0 Å². The highest BCUT2D eigenvalue weighted by Gasteiger charge is 2.40. The first-order valence-corrected chi connectivity index (χ1v) is 10.7. The van der Waals surface area contributed by atoms with E-state index in [-0.39, 0.29) is 29.7 Å². The van der Waals surface area contributed by atoms with Gasteiger partial charge in [0.1, 0.15) is 17.3 Å². The van der Waals surface area contributed by atoms with Gasteiger partial charge in [-0.25, -0.2) is 4.98 Å². The maximum absolute atomic E-state index is 13.3. The maximum atomic E-state index is 13.3. The second kappa shape index (κ2) is 8.95. The van der Waals surface area contributed by atoms with E-state index >= 15 is 0 Å². The fraction of sp³-hybridized carbons (Fsp3) is 0.545. The molecule has 0 spiro atoms. The summed E-state index contributed by atoms with van der Waals surface area (Å²) in [5.41, 5.74) is 0.476. The van der Waals surface area contributed by atoms with E-state index in [1.165, 1.54) is 0 Å². The molecule has 9 heteroatoms. The van der Waals surface area contributed by atoms with Crippen LogP contribution in [-0.4, -0.2) is 65.2 Å². The van der Waals surface area contributed by atoms with E-state index < -0.39 is 0 Å². The predicted octanol–water partition coefficient (Wildman–Crippen LogP) is 2.04. The molecule has 0 unspecified atom stereocenters. The Morgan fingerprint density at radius 1 is 1.10 bits per heavy atom. The van der Waals surface area contributed by atoms with Crippen molar-refractivity contribution in [3.05, 3.63) is 35.4 Å². The number of nitrogens with zero attached hydrogens (tertiary/aromatic N) is 3. The Morgan fingerprint density at radius 3 is 2.35 bits per heavy atom. The number of hydrogen-bond acceptors (Lipinski definition) is 6. The molecule has 31 heavy (non-hydrogen) atoms. The Kier molecular flexibility index (Phi) is 6.11. The third kappa shape index (κ3) is 4.50. The van der Waals surface area contributed by atoms with Crippen LogP contribution in [0.1, 0.15) is 53.6 Å². The van der Waals surface area contributed by atoms with Gasteiger partial charge in [0.25, 0.3) is 5.91 Å². The molecule has 2 fully saturated rings. The van der Waals surface area contributed by atoms with Crippen LogP contribution in [0.25, 0.3) is 0 Å². The minimum Gasteiger partial charge on any atom is -0.497 e. The summed E-state index contributed by atoms with van der Waals surface area (Å²) in [7, 11) is 3.10. The van der Waals surface area contributed by atoms with Crippen molar-refractivity contribution in [2.24, 2.45) is 5.92 Å². The van der Waals surface area contributed by atoms with Gasteiger partial charge in [-0.2, -0.15) is 5.10 Å². The van der Waals surface area contributed by atoms with Crippen molar-refractivity contribution in [2.75, 3.05) is 27.3 Å². The number of aryl methyl sites for hydroxylation is 1. The first-order chi connectivity index (χ1) is 15.0. The number of ether oxygens (including phenoxy) is 2. The number of carbonyl (C=O) groups is 2. The van der Waals surface area contributed by atoms with Gasteiger partial charge >= 0.3 is 0 Å². The third-order valence-corrected chi connectivity index (χ3v) is 6.21. The van der Waals surface area contributed by atoms with Gasteiger partial charge in [0.2, 0.25) is 5.91 Å². The molecule has 1 saturated heterocycles. The summed E-state index contributed by atoms with van der Waals surface area (Å²) in [6, 6.07) is 4.88. The molecule has 2 aromatic rings. The summed E-state index contributed by atoms with van der Waals surface area (Å²) in [4.78, 5) is 32.3. The number of H-pyrrole nitrogens is 1. The number of amides is 2.